The molecule has 0 fully saturated rings. The molecule has 0 bridgehead atoms. The van der Waals surface area contributed by atoms with Crippen molar-refractivity contribution in [2.24, 2.45) is 0 Å². The minimum absolute atomic E-state index is 0.344. The van der Waals surface area contributed by atoms with Gasteiger partial charge in [-0.1, -0.05) is 10.6 Å². The van der Waals surface area contributed by atoms with Crippen molar-refractivity contribution in [3.05, 3.63) is 40.9 Å². The van der Waals surface area contributed by atoms with Gasteiger partial charge < -0.3 is 10.1 Å². The van der Waals surface area contributed by atoms with Crippen molar-refractivity contribution in [3.63, 3.8) is 0 Å². The van der Waals surface area contributed by atoms with Crippen LogP contribution in [0.5, 0.6) is 0 Å². The van der Waals surface area contributed by atoms with Gasteiger partial charge in [0.05, 0.1) is 24.9 Å². The highest BCUT2D eigenvalue weighted by molar-refractivity contribution is 7.03. The number of nitrogens with one attached hydrogen (secondary N) is 1. The van der Waals surface area contributed by atoms with E-state index in [9.17, 15) is 4.79 Å². The normalized spacial score (nSPS) is 9.94. The predicted octanol–water partition coefficient (Wildman–Crippen LogP) is 1.94. The molecule has 0 aliphatic rings. The van der Waals surface area contributed by atoms with Crippen molar-refractivity contribution in [1.29, 1.82) is 0 Å². The molecule has 1 N–H and O–H groups in total. The van der Waals surface area contributed by atoms with Crippen molar-refractivity contribution >= 4 is 23.2 Å². The molecule has 17 heavy (non-hydrogen) atoms. The Balaban J connectivity index is 2.03. The van der Waals surface area contributed by atoms with Gasteiger partial charge in [-0.15, -0.1) is 5.10 Å². The van der Waals surface area contributed by atoms with Crippen molar-refractivity contribution < 1.29 is 9.53 Å². The Hall–Kier alpha value is -1.95. The Morgan fingerprint density at radius 3 is 3.12 bits per heavy atom. The number of benzene rings is 1. The van der Waals surface area contributed by atoms with Crippen molar-refractivity contribution in [2.45, 2.75) is 6.54 Å². The lowest BCUT2D eigenvalue weighted by Crippen LogP contribution is -2.04. The molecule has 0 unspecified atom stereocenters. The number of methoxy groups -OCH3 is 1. The second-order valence-electron chi connectivity index (χ2n) is 3.32. The lowest BCUT2D eigenvalue weighted by atomic mass is 10.2. The fraction of sp³-hybridized carbons (Fsp3) is 0.182. The SMILES string of the molecule is COC(=O)c1cccc(NCc2csnn2)c1. The molecule has 0 amide bonds. The summed E-state index contributed by atoms with van der Waals surface area (Å²) in [6.45, 7) is 0.584. The molecular formula is C11H11N3O2S. The molecule has 0 saturated carbocycles. The van der Waals surface area contributed by atoms with Crippen molar-refractivity contribution in [2.75, 3.05) is 12.4 Å². The first-order chi connectivity index (χ1) is 8.29. The zero-order valence-electron chi connectivity index (χ0n) is 9.21. The summed E-state index contributed by atoms with van der Waals surface area (Å²) in [6.07, 6.45) is 0. The first kappa shape index (κ1) is 11.5. The summed E-state index contributed by atoms with van der Waals surface area (Å²) in [5.41, 5.74) is 2.24. The van der Waals surface area contributed by atoms with Gasteiger partial charge in [-0.05, 0) is 29.7 Å². The maximum atomic E-state index is 11.3. The number of rotatable bonds is 4. The quantitative estimate of drug-likeness (QED) is 0.839. The molecule has 6 heteroatoms. The molecular weight excluding hydrogens is 238 g/mol. The average molecular weight is 249 g/mol. The molecule has 1 aromatic heterocycles. The summed E-state index contributed by atoms with van der Waals surface area (Å²) in [5, 5.41) is 8.95. The Labute approximate surface area is 103 Å². The number of hydrogen-bond donors (Lipinski definition) is 1. The van der Waals surface area contributed by atoms with Crippen LogP contribution in [0.4, 0.5) is 5.69 Å². The zero-order valence-corrected chi connectivity index (χ0v) is 10.0. The molecule has 0 radical (unpaired) electrons. The number of carbonyl (C=O) groups excluding carboxylic acids is 1. The van der Waals surface area contributed by atoms with Gasteiger partial charge in [0, 0.05) is 11.1 Å². The van der Waals surface area contributed by atoms with Gasteiger partial charge in [0.15, 0.2) is 0 Å². The van der Waals surface area contributed by atoms with Crippen LogP contribution < -0.4 is 5.32 Å². The Morgan fingerprint density at radius 1 is 1.53 bits per heavy atom. The second kappa shape index (κ2) is 5.40. The molecule has 5 nitrogen and oxygen atoms in total. The van der Waals surface area contributed by atoms with Gasteiger partial charge in [-0.2, -0.15) is 0 Å². The second-order valence-corrected chi connectivity index (χ2v) is 3.93. The van der Waals surface area contributed by atoms with Crippen LogP contribution in [-0.4, -0.2) is 22.7 Å². The molecule has 0 spiro atoms. The lowest BCUT2D eigenvalue weighted by Gasteiger charge is -2.05. The highest BCUT2D eigenvalue weighted by atomic mass is 32.1. The van der Waals surface area contributed by atoms with Crippen LogP contribution in [0.15, 0.2) is 29.6 Å². The van der Waals surface area contributed by atoms with E-state index in [2.05, 4.69) is 19.6 Å². The first-order valence-electron chi connectivity index (χ1n) is 4.98. The van der Waals surface area contributed by atoms with E-state index in [1.54, 1.807) is 18.2 Å². The van der Waals surface area contributed by atoms with Gasteiger partial charge in [0.2, 0.25) is 0 Å². The number of anilines is 1. The smallest absolute Gasteiger partial charge is 0.337 e. The third-order valence-corrected chi connectivity index (χ3v) is 2.72. The molecule has 1 aromatic carbocycles. The minimum atomic E-state index is -0.344. The molecule has 2 rings (SSSR count). The fourth-order valence-electron chi connectivity index (χ4n) is 1.33. The van der Waals surface area contributed by atoms with Gasteiger partial charge in [0.1, 0.15) is 0 Å². The summed E-state index contributed by atoms with van der Waals surface area (Å²) in [5.74, 6) is -0.344. The summed E-state index contributed by atoms with van der Waals surface area (Å²) in [6, 6.07) is 7.13. The van der Waals surface area contributed by atoms with E-state index in [0.717, 1.165) is 11.4 Å². The highest BCUT2D eigenvalue weighted by Crippen LogP contribution is 2.12. The molecule has 2 aromatic rings. The number of nitrogens with zero attached hydrogens (tertiary/aromatic N) is 2. The molecule has 0 aliphatic heterocycles. The number of ether oxygens (including phenoxy) is 1. The number of esters is 1. The topological polar surface area (TPSA) is 64.1 Å². The fourth-order valence-corrected chi connectivity index (χ4v) is 1.78. The van der Waals surface area contributed by atoms with Gasteiger partial charge in [0.25, 0.3) is 0 Å². The maximum Gasteiger partial charge on any atom is 0.337 e. The average Bonchev–Trinajstić information content (AvgIpc) is 2.89. The van der Waals surface area contributed by atoms with Crippen molar-refractivity contribution in [3.8, 4) is 0 Å². The third kappa shape index (κ3) is 3.01. The third-order valence-electron chi connectivity index (χ3n) is 2.16. The van der Waals surface area contributed by atoms with Gasteiger partial charge >= 0.3 is 5.97 Å². The standard InChI is InChI=1S/C11H11N3O2S/c1-16-11(15)8-3-2-4-9(5-8)12-6-10-7-17-14-13-10/h2-5,7,12H,6H2,1H3. The van der Waals surface area contributed by atoms with Gasteiger partial charge in [-0.3, -0.25) is 0 Å². The van der Waals surface area contributed by atoms with E-state index >= 15 is 0 Å². The van der Waals surface area contributed by atoms with Crippen LogP contribution in [0.3, 0.4) is 0 Å². The minimum Gasteiger partial charge on any atom is -0.465 e. The van der Waals surface area contributed by atoms with E-state index in [-0.39, 0.29) is 5.97 Å². The van der Waals surface area contributed by atoms with E-state index in [0.29, 0.717) is 12.1 Å². The van der Waals surface area contributed by atoms with Crippen LogP contribution in [0.25, 0.3) is 0 Å². The Bertz CT molecular complexity index is 499. The molecule has 88 valence electrons. The Morgan fingerprint density at radius 2 is 2.41 bits per heavy atom. The molecule has 1 heterocycles. The largest absolute Gasteiger partial charge is 0.465 e. The summed E-state index contributed by atoms with van der Waals surface area (Å²) in [4.78, 5) is 11.3. The molecule has 0 aliphatic carbocycles. The van der Waals surface area contributed by atoms with Crippen LogP contribution in [0.1, 0.15) is 16.1 Å². The number of carbonyl (C=O) groups is 1. The van der Waals surface area contributed by atoms with E-state index in [4.69, 9.17) is 0 Å². The van der Waals surface area contributed by atoms with Crippen LogP contribution >= 0.6 is 11.5 Å². The van der Waals surface area contributed by atoms with E-state index in [1.165, 1.54) is 18.6 Å². The van der Waals surface area contributed by atoms with E-state index < -0.39 is 0 Å². The maximum absolute atomic E-state index is 11.3. The lowest BCUT2D eigenvalue weighted by molar-refractivity contribution is 0.0601. The van der Waals surface area contributed by atoms with Crippen LogP contribution in [-0.2, 0) is 11.3 Å². The summed E-state index contributed by atoms with van der Waals surface area (Å²) >= 11 is 1.31. The number of hydrogen-bond acceptors (Lipinski definition) is 6. The summed E-state index contributed by atoms with van der Waals surface area (Å²) in [7, 11) is 1.36. The number of aromatic nitrogens is 2. The molecule has 0 saturated heterocycles. The molecule has 0 atom stereocenters. The first-order valence-corrected chi connectivity index (χ1v) is 5.81. The Kier molecular flexibility index (Phi) is 3.66. The van der Waals surface area contributed by atoms with E-state index in [1.807, 2.05) is 11.4 Å². The van der Waals surface area contributed by atoms with Crippen molar-refractivity contribution in [1.82, 2.24) is 9.59 Å². The highest BCUT2D eigenvalue weighted by Gasteiger charge is 2.05. The predicted molar refractivity (Wildman–Crippen MR) is 65.0 cm³/mol. The van der Waals surface area contributed by atoms with Crippen LogP contribution in [0, 0.1) is 0 Å². The summed E-state index contributed by atoms with van der Waals surface area (Å²) < 4.78 is 8.43. The van der Waals surface area contributed by atoms with Gasteiger partial charge in [-0.25, -0.2) is 4.79 Å². The van der Waals surface area contributed by atoms with Crippen LogP contribution in [0.2, 0.25) is 0 Å². The zero-order chi connectivity index (χ0) is 12.1. The monoisotopic (exact) mass is 249 g/mol.